The van der Waals surface area contributed by atoms with Gasteiger partial charge < -0.3 is 10.1 Å². The number of nitrogens with one attached hydrogen (secondary N) is 2. The summed E-state index contributed by atoms with van der Waals surface area (Å²) < 4.78 is 40.3. The maximum Gasteiger partial charge on any atom is 0.241 e. The van der Waals surface area contributed by atoms with Gasteiger partial charge in [0.25, 0.3) is 0 Å². The van der Waals surface area contributed by atoms with Crippen molar-refractivity contribution in [1.82, 2.24) is 10.0 Å². The Morgan fingerprint density at radius 1 is 1.15 bits per heavy atom. The summed E-state index contributed by atoms with van der Waals surface area (Å²) in [5, 5.41) is 2.76. The van der Waals surface area contributed by atoms with Gasteiger partial charge in [-0.3, -0.25) is 4.79 Å². The molecule has 0 aromatic heterocycles. The van der Waals surface area contributed by atoms with E-state index in [1.165, 1.54) is 0 Å². The molecule has 146 valence electrons. The van der Waals surface area contributed by atoms with E-state index in [0.29, 0.717) is 6.42 Å². The fourth-order valence-electron chi connectivity index (χ4n) is 2.53. The fraction of sp³-hybridized carbons (Fsp3) is 0.556. The Hall–Kier alpha value is -1.80. The van der Waals surface area contributed by atoms with Crippen LogP contribution < -0.4 is 10.0 Å². The summed E-state index contributed by atoms with van der Waals surface area (Å²) >= 11 is 0. The highest BCUT2D eigenvalue weighted by Gasteiger charge is 2.29. The SMILES string of the molecule is CC(C)C[C@@H](CC=O)NC(=O)[C@@H](NS(=O)(=O)c1ccc(F)cc1)C(C)C. The first-order valence-corrected chi connectivity index (χ1v) is 10.1. The summed E-state index contributed by atoms with van der Waals surface area (Å²) in [4.78, 5) is 23.3. The molecule has 0 unspecified atom stereocenters. The number of aldehydes is 1. The molecule has 2 N–H and O–H groups in total. The Morgan fingerprint density at radius 2 is 1.73 bits per heavy atom. The van der Waals surface area contributed by atoms with E-state index in [0.717, 1.165) is 30.6 Å². The molecule has 1 aromatic carbocycles. The number of sulfonamides is 1. The molecule has 0 spiro atoms. The molecule has 26 heavy (non-hydrogen) atoms. The number of carbonyl (C=O) groups is 2. The maximum atomic E-state index is 13.0. The summed E-state index contributed by atoms with van der Waals surface area (Å²) in [7, 11) is -3.98. The van der Waals surface area contributed by atoms with Gasteiger partial charge in [0.15, 0.2) is 0 Å². The standard InChI is InChI=1S/C18H27FN2O4S/c1-12(2)11-15(9-10-22)20-18(23)17(13(3)4)21-26(24,25)16-7-5-14(19)6-8-16/h5-8,10,12-13,15,17,21H,9,11H2,1-4H3,(H,20,23)/t15-,17+/m1/s1. The van der Waals surface area contributed by atoms with Gasteiger partial charge >= 0.3 is 0 Å². The third-order valence-electron chi connectivity index (χ3n) is 3.84. The Bertz CT molecular complexity index is 702. The highest BCUT2D eigenvalue weighted by Crippen LogP contribution is 2.14. The van der Waals surface area contributed by atoms with E-state index >= 15 is 0 Å². The second kappa shape index (κ2) is 9.78. The molecule has 0 aliphatic rings. The van der Waals surface area contributed by atoms with E-state index in [9.17, 15) is 22.4 Å². The quantitative estimate of drug-likeness (QED) is 0.603. The zero-order valence-corrected chi connectivity index (χ0v) is 16.3. The molecule has 0 saturated heterocycles. The van der Waals surface area contributed by atoms with Crippen LogP contribution in [-0.4, -0.2) is 32.7 Å². The highest BCUT2D eigenvalue weighted by molar-refractivity contribution is 7.89. The lowest BCUT2D eigenvalue weighted by atomic mass is 9.99. The molecule has 1 rings (SSSR count). The van der Waals surface area contributed by atoms with Crippen LogP contribution >= 0.6 is 0 Å². The third kappa shape index (κ3) is 6.84. The molecule has 0 heterocycles. The molecule has 0 aliphatic heterocycles. The summed E-state index contributed by atoms with van der Waals surface area (Å²) in [6, 6.07) is 3.01. The van der Waals surface area contributed by atoms with Crippen molar-refractivity contribution < 1.29 is 22.4 Å². The first kappa shape index (κ1) is 22.2. The minimum Gasteiger partial charge on any atom is -0.352 e. The second-order valence-electron chi connectivity index (χ2n) is 7.03. The van der Waals surface area contributed by atoms with Crippen molar-refractivity contribution in [3.63, 3.8) is 0 Å². The van der Waals surface area contributed by atoms with Gasteiger partial charge in [-0.15, -0.1) is 0 Å². The molecule has 0 saturated carbocycles. The molecule has 6 nitrogen and oxygen atoms in total. The van der Waals surface area contributed by atoms with Crippen molar-refractivity contribution >= 4 is 22.2 Å². The van der Waals surface area contributed by atoms with Crippen LogP contribution in [0.5, 0.6) is 0 Å². The van der Waals surface area contributed by atoms with Crippen molar-refractivity contribution in [2.45, 2.75) is 57.5 Å². The minimum absolute atomic E-state index is 0.121. The zero-order chi connectivity index (χ0) is 19.9. The van der Waals surface area contributed by atoms with Crippen molar-refractivity contribution in [3.8, 4) is 0 Å². The summed E-state index contributed by atoms with van der Waals surface area (Å²) in [5.41, 5.74) is 0. The Labute approximate surface area is 154 Å². The minimum atomic E-state index is -3.98. The lowest BCUT2D eigenvalue weighted by Crippen LogP contribution is -2.52. The Morgan fingerprint density at radius 3 is 2.19 bits per heavy atom. The number of carbonyl (C=O) groups excluding carboxylic acids is 2. The van der Waals surface area contributed by atoms with Crippen molar-refractivity contribution in [3.05, 3.63) is 30.1 Å². The van der Waals surface area contributed by atoms with Crippen molar-refractivity contribution in [1.29, 1.82) is 0 Å². The van der Waals surface area contributed by atoms with Crippen LogP contribution in [0.2, 0.25) is 0 Å². The molecule has 0 aliphatic carbocycles. The summed E-state index contributed by atoms with van der Waals surface area (Å²) in [6.07, 6.45) is 1.51. The number of halogens is 1. The molecular formula is C18H27FN2O4S. The number of hydrogen-bond donors (Lipinski definition) is 2. The van der Waals surface area contributed by atoms with Gasteiger partial charge in [-0.1, -0.05) is 27.7 Å². The van der Waals surface area contributed by atoms with Gasteiger partial charge in [-0.2, -0.15) is 4.72 Å². The van der Waals surface area contributed by atoms with Crippen molar-refractivity contribution in [2.75, 3.05) is 0 Å². The van der Waals surface area contributed by atoms with E-state index in [-0.39, 0.29) is 29.2 Å². The molecule has 0 bridgehead atoms. The number of amides is 1. The molecular weight excluding hydrogens is 359 g/mol. The monoisotopic (exact) mass is 386 g/mol. The zero-order valence-electron chi connectivity index (χ0n) is 15.5. The summed E-state index contributed by atoms with van der Waals surface area (Å²) in [5.74, 6) is -1.08. The van der Waals surface area contributed by atoms with E-state index in [1.807, 2.05) is 13.8 Å². The van der Waals surface area contributed by atoms with E-state index in [2.05, 4.69) is 10.0 Å². The number of hydrogen-bond acceptors (Lipinski definition) is 4. The van der Waals surface area contributed by atoms with Crippen LogP contribution in [-0.2, 0) is 19.6 Å². The predicted molar refractivity (Wildman–Crippen MR) is 97.4 cm³/mol. The average molecular weight is 386 g/mol. The normalized spacial score (nSPS) is 14.3. The van der Waals surface area contributed by atoms with Crippen molar-refractivity contribution in [2.24, 2.45) is 11.8 Å². The molecule has 0 radical (unpaired) electrons. The van der Waals surface area contributed by atoms with Crippen LogP contribution in [0.25, 0.3) is 0 Å². The molecule has 1 amide bonds. The molecule has 2 atom stereocenters. The van der Waals surface area contributed by atoms with Gasteiger partial charge in [0.1, 0.15) is 18.1 Å². The Kier molecular flexibility index (Phi) is 8.36. The highest BCUT2D eigenvalue weighted by atomic mass is 32.2. The topological polar surface area (TPSA) is 92.3 Å². The van der Waals surface area contributed by atoms with Gasteiger partial charge in [0.05, 0.1) is 4.90 Å². The average Bonchev–Trinajstić information content (AvgIpc) is 2.52. The van der Waals surface area contributed by atoms with Crippen LogP contribution in [0.4, 0.5) is 4.39 Å². The number of rotatable bonds is 10. The lowest BCUT2D eigenvalue weighted by molar-refractivity contribution is -0.124. The predicted octanol–water partition coefficient (Wildman–Crippen LogP) is 2.25. The molecule has 0 fully saturated rings. The lowest BCUT2D eigenvalue weighted by Gasteiger charge is -2.25. The summed E-state index contributed by atoms with van der Waals surface area (Å²) in [6.45, 7) is 7.38. The van der Waals surface area contributed by atoms with Crippen LogP contribution in [0.1, 0.15) is 40.5 Å². The van der Waals surface area contributed by atoms with Gasteiger partial charge in [0, 0.05) is 12.5 Å². The largest absolute Gasteiger partial charge is 0.352 e. The number of benzene rings is 1. The van der Waals surface area contributed by atoms with E-state index in [1.54, 1.807) is 13.8 Å². The van der Waals surface area contributed by atoms with Gasteiger partial charge in [-0.05, 0) is 42.5 Å². The van der Waals surface area contributed by atoms with E-state index < -0.39 is 27.8 Å². The fourth-order valence-corrected chi connectivity index (χ4v) is 3.88. The van der Waals surface area contributed by atoms with Gasteiger partial charge in [0.2, 0.25) is 15.9 Å². The van der Waals surface area contributed by atoms with Crippen LogP contribution in [0, 0.1) is 17.7 Å². The van der Waals surface area contributed by atoms with Gasteiger partial charge in [-0.25, -0.2) is 12.8 Å². The Balaban J connectivity index is 2.94. The van der Waals surface area contributed by atoms with Crippen LogP contribution in [0.3, 0.4) is 0 Å². The van der Waals surface area contributed by atoms with E-state index in [4.69, 9.17) is 0 Å². The third-order valence-corrected chi connectivity index (χ3v) is 5.30. The second-order valence-corrected chi connectivity index (χ2v) is 8.75. The molecule has 8 heteroatoms. The van der Waals surface area contributed by atoms with Crippen LogP contribution in [0.15, 0.2) is 29.2 Å². The first-order chi connectivity index (χ1) is 12.1. The molecule has 1 aromatic rings. The maximum absolute atomic E-state index is 13.0. The smallest absolute Gasteiger partial charge is 0.241 e. The first-order valence-electron chi connectivity index (χ1n) is 8.58.